The van der Waals surface area contributed by atoms with Crippen molar-refractivity contribution < 1.29 is 9.18 Å². The lowest BCUT2D eigenvalue weighted by Gasteiger charge is -2.05. The number of carbonyl (C=O) groups is 1. The summed E-state index contributed by atoms with van der Waals surface area (Å²) >= 11 is 1.35. The van der Waals surface area contributed by atoms with E-state index in [1.807, 2.05) is 6.92 Å². The number of amides is 2. The third-order valence-corrected chi connectivity index (χ3v) is 2.79. The smallest absolute Gasteiger partial charge is 0.305 e. The quantitative estimate of drug-likeness (QED) is 0.860. The van der Waals surface area contributed by atoms with Crippen LogP contribution in [0.1, 0.15) is 4.88 Å². The van der Waals surface area contributed by atoms with E-state index >= 15 is 0 Å². The van der Waals surface area contributed by atoms with Gasteiger partial charge in [0.1, 0.15) is 5.82 Å². The van der Waals surface area contributed by atoms with Crippen molar-refractivity contribution in [2.45, 2.75) is 6.92 Å². The Kier molecular flexibility index (Phi) is 3.34. The number of anilines is 2. The van der Waals surface area contributed by atoms with Crippen molar-refractivity contribution in [3.8, 4) is 0 Å². The van der Waals surface area contributed by atoms with Crippen molar-refractivity contribution in [2.24, 2.45) is 0 Å². The predicted octanol–water partition coefficient (Wildman–Crippen LogP) is 3.23. The molecule has 17 heavy (non-hydrogen) atoms. The standard InChI is InChI=1S/C11H10FN3OS/c1-7-6-13-11(17-7)15-10(16)14-9-5-3-2-4-8(9)12/h2-6H,1H3,(H2,13,14,15,16). The van der Waals surface area contributed by atoms with Gasteiger partial charge in [-0.2, -0.15) is 0 Å². The van der Waals surface area contributed by atoms with E-state index in [4.69, 9.17) is 0 Å². The second-order valence-electron chi connectivity index (χ2n) is 3.34. The number of halogens is 1. The molecule has 2 amide bonds. The Morgan fingerprint density at radius 3 is 2.76 bits per heavy atom. The predicted molar refractivity (Wildman–Crippen MR) is 65.9 cm³/mol. The Balaban J connectivity index is 2.01. The number of para-hydroxylation sites is 1. The van der Waals surface area contributed by atoms with Gasteiger partial charge in [-0.3, -0.25) is 5.32 Å². The van der Waals surface area contributed by atoms with E-state index in [-0.39, 0.29) is 5.69 Å². The highest BCUT2D eigenvalue weighted by Crippen LogP contribution is 2.17. The number of urea groups is 1. The van der Waals surface area contributed by atoms with Crippen LogP contribution in [0.3, 0.4) is 0 Å². The van der Waals surface area contributed by atoms with Gasteiger partial charge in [-0.05, 0) is 19.1 Å². The van der Waals surface area contributed by atoms with Gasteiger partial charge in [-0.15, -0.1) is 11.3 Å². The first-order chi connectivity index (χ1) is 8.15. The van der Waals surface area contributed by atoms with Crippen LogP contribution in [0.4, 0.5) is 20.0 Å². The molecule has 2 aromatic rings. The maximum Gasteiger partial charge on any atom is 0.325 e. The first-order valence-electron chi connectivity index (χ1n) is 4.90. The third kappa shape index (κ3) is 3.01. The summed E-state index contributed by atoms with van der Waals surface area (Å²) in [6.07, 6.45) is 1.66. The summed E-state index contributed by atoms with van der Waals surface area (Å²) in [5.74, 6) is -0.474. The summed E-state index contributed by atoms with van der Waals surface area (Å²) < 4.78 is 13.2. The maximum atomic E-state index is 13.2. The minimum absolute atomic E-state index is 0.137. The highest BCUT2D eigenvalue weighted by atomic mass is 32.1. The van der Waals surface area contributed by atoms with Crippen LogP contribution >= 0.6 is 11.3 Å². The molecule has 6 heteroatoms. The zero-order chi connectivity index (χ0) is 12.3. The molecule has 0 aliphatic carbocycles. The van der Waals surface area contributed by atoms with Crippen LogP contribution in [0.5, 0.6) is 0 Å². The van der Waals surface area contributed by atoms with Crippen LogP contribution in [-0.4, -0.2) is 11.0 Å². The van der Waals surface area contributed by atoms with Crippen molar-refractivity contribution in [1.82, 2.24) is 4.98 Å². The van der Waals surface area contributed by atoms with Gasteiger partial charge in [0.25, 0.3) is 0 Å². The van der Waals surface area contributed by atoms with E-state index in [2.05, 4.69) is 15.6 Å². The number of benzene rings is 1. The number of nitrogens with zero attached hydrogens (tertiary/aromatic N) is 1. The molecule has 88 valence electrons. The summed E-state index contributed by atoms with van der Waals surface area (Å²) in [4.78, 5) is 16.5. The van der Waals surface area contributed by atoms with Gasteiger partial charge < -0.3 is 5.32 Å². The van der Waals surface area contributed by atoms with Crippen LogP contribution in [0, 0.1) is 12.7 Å². The first-order valence-corrected chi connectivity index (χ1v) is 5.72. The molecule has 0 aliphatic heterocycles. The fourth-order valence-electron chi connectivity index (χ4n) is 1.23. The molecule has 0 aliphatic rings. The molecule has 0 spiro atoms. The van der Waals surface area contributed by atoms with E-state index < -0.39 is 11.8 Å². The molecule has 1 aromatic heterocycles. The average molecular weight is 251 g/mol. The normalized spacial score (nSPS) is 10.0. The Morgan fingerprint density at radius 1 is 1.35 bits per heavy atom. The fourth-order valence-corrected chi connectivity index (χ4v) is 1.89. The lowest BCUT2D eigenvalue weighted by Crippen LogP contribution is -2.19. The molecule has 4 nitrogen and oxygen atoms in total. The molecular weight excluding hydrogens is 241 g/mol. The van der Waals surface area contributed by atoms with Crippen LogP contribution in [0.2, 0.25) is 0 Å². The van der Waals surface area contributed by atoms with Gasteiger partial charge >= 0.3 is 6.03 Å². The molecule has 0 unspecified atom stereocenters. The highest BCUT2D eigenvalue weighted by Gasteiger charge is 2.07. The lowest BCUT2D eigenvalue weighted by molar-refractivity contribution is 0.262. The van der Waals surface area contributed by atoms with Gasteiger partial charge in [0.15, 0.2) is 5.13 Å². The van der Waals surface area contributed by atoms with Gasteiger partial charge in [-0.25, -0.2) is 14.2 Å². The van der Waals surface area contributed by atoms with E-state index in [9.17, 15) is 9.18 Å². The van der Waals surface area contributed by atoms with E-state index in [0.29, 0.717) is 5.13 Å². The van der Waals surface area contributed by atoms with E-state index in [0.717, 1.165) is 4.88 Å². The molecule has 1 aromatic carbocycles. The van der Waals surface area contributed by atoms with Gasteiger partial charge in [0.05, 0.1) is 5.69 Å². The SMILES string of the molecule is Cc1cnc(NC(=O)Nc2ccccc2F)s1. The Morgan fingerprint density at radius 2 is 2.12 bits per heavy atom. The van der Waals surface area contributed by atoms with Gasteiger partial charge in [-0.1, -0.05) is 12.1 Å². The number of hydrogen-bond acceptors (Lipinski definition) is 3. The Bertz CT molecular complexity index is 541. The molecule has 0 fully saturated rings. The molecule has 0 saturated heterocycles. The monoisotopic (exact) mass is 251 g/mol. The van der Waals surface area contributed by atoms with Crippen LogP contribution in [0.15, 0.2) is 30.5 Å². The largest absolute Gasteiger partial charge is 0.325 e. The number of hydrogen-bond donors (Lipinski definition) is 2. The molecule has 1 heterocycles. The summed E-state index contributed by atoms with van der Waals surface area (Å²) in [7, 11) is 0. The molecule has 0 bridgehead atoms. The Hall–Kier alpha value is -1.95. The van der Waals surface area contributed by atoms with Crippen molar-refractivity contribution in [2.75, 3.05) is 10.6 Å². The van der Waals surface area contributed by atoms with Crippen molar-refractivity contribution in [3.05, 3.63) is 41.2 Å². The summed E-state index contributed by atoms with van der Waals surface area (Å²) in [5.41, 5.74) is 0.137. The van der Waals surface area contributed by atoms with Gasteiger partial charge in [0.2, 0.25) is 0 Å². The molecule has 0 radical (unpaired) electrons. The number of thiazole rings is 1. The fraction of sp³-hybridized carbons (Fsp3) is 0.0909. The topological polar surface area (TPSA) is 54.0 Å². The zero-order valence-corrected chi connectivity index (χ0v) is 9.84. The number of nitrogens with one attached hydrogen (secondary N) is 2. The Labute approximate surface area is 102 Å². The summed E-state index contributed by atoms with van der Waals surface area (Å²) in [5, 5.41) is 5.42. The molecular formula is C11H10FN3OS. The lowest BCUT2D eigenvalue weighted by atomic mass is 10.3. The minimum Gasteiger partial charge on any atom is -0.305 e. The van der Waals surface area contributed by atoms with Crippen molar-refractivity contribution in [1.29, 1.82) is 0 Å². The van der Waals surface area contributed by atoms with Crippen molar-refractivity contribution >= 4 is 28.2 Å². The number of carbonyl (C=O) groups excluding carboxylic acids is 1. The molecule has 0 atom stereocenters. The summed E-state index contributed by atoms with van der Waals surface area (Å²) in [6, 6.07) is 5.46. The van der Waals surface area contributed by atoms with Crippen LogP contribution in [-0.2, 0) is 0 Å². The van der Waals surface area contributed by atoms with Crippen LogP contribution in [0.25, 0.3) is 0 Å². The maximum absolute atomic E-state index is 13.2. The molecule has 0 saturated carbocycles. The first kappa shape index (κ1) is 11.5. The number of rotatable bonds is 2. The molecule has 2 rings (SSSR count). The van der Waals surface area contributed by atoms with Gasteiger partial charge in [0, 0.05) is 11.1 Å². The number of aromatic nitrogens is 1. The zero-order valence-electron chi connectivity index (χ0n) is 9.03. The third-order valence-electron chi connectivity index (χ3n) is 1.96. The molecule has 2 N–H and O–H groups in total. The average Bonchev–Trinajstić information content (AvgIpc) is 2.67. The van der Waals surface area contributed by atoms with E-state index in [1.165, 1.54) is 23.5 Å². The summed E-state index contributed by atoms with van der Waals surface area (Å²) in [6.45, 7) is 1.89. The van der Waals surface area contributed by atoms with E-state index in [1.54, 1.807) is 18.3 Å². The second-order valence-corrected chi connectivity index (χ2v) is 4.57. The van der Waals surface area contributed by atoms with Crippen molar-refractivity contribution in [3.63, 3.8) is 0 Å². The second kappa shape index (κ2) is 4.92. The minimum atomic E-state index is -0.510. The number of aryl methyl sites for hydroxylation is 1. The van der Waals surface area contributed by atoms with Crippen LogP contribution < -0.4 is 10.6 Å². The highest BCUT2D eigenvalue weighted by molar-refractivity contribution is 7.15.